The molecule has 1 aromatic heterocycles. The van der Waals surface area contributed by atoms with Crippen LogP contribution in [0.1, 0.15) is 37.6 Å². The van der Waals surface area contributed by atoms with E-state index in [4.69, 9.17) is 9.72 Å². The summed E-state index contributed by atoms with van der Waals surface area (Å²) in [5, 5.41) is 18.5. The van der Waals surface area contributed by atoms with Gasteiger partial charge in [0.05, 0.1) is 18.3 Å². The zero-order chi connectivity index (χ0) is 22.4. The number of hydrogen-bond donors (Lipinski definition) is 3. The summed E-state index contributed by atoms with van der Waals surface area (Å²) in [7, 11) is 1.68. The van der Waals surface area contributed by atoms with Gasteiger partial charge >= 0.3 is 0 Å². The van der Waals surface area contributed by atoms with Crippen LogP contribution in [0.3, 0.4) is 0 Å². The molecule has 0 atom stereocenters. The average Bonchev–Trinajstić information content (AvgIpc) is 2.78. The van der Waals surface area contributed by atoms with Gasteiger partial charge in [-0.2, -0.15) is 0 Å². The number of hydrogen-bond acceptors (Lipinski definition) is 6. The molecule has 0 saturated carbocycles. The van der Waals surface area contributed by atoms with Gasteiger partial charge in [0.15, 0.2) is 0 Å². The molecule has 0 aliphatic carbocycles. The second-order valence-electron chi connectivity index (χ2n) is 7.64. The van der Waals surface area contributed by atoms with Crippen LogP contribution in [0.15, 0.2) is 36.4 Å². The molecule has 0 unspecified atom stereocenters. The standard InChI is InChI=1S/C25H34N4O2/c1-6-26-15-22-17(4)27-23-11-10-20(31-5)14-21(23)25(22)28-19-9-12-24(30)18(13-19)16-29(7-2)8-3/h9-14,26,30H,6-8,15-16H2,1-5H3,(H,27,28). The Morgan fingerprint density at radius 2 is 1.84 bits per heavy atom. The van der Waals surface area contributed by atoms with E-state index in [0.29, 0.717) is 12.3 Å². The lowest BCUT2D eigenvalue weighted by molar-refractivity contribution is 0.291. The van der Waals surface area contributed by atoms with E-state index < -0.39 is 0 Å². The molecule has 166 valence electrons. The van der Waals surface area contributed by atoms with Gasteiger partial charge in [0.2, 0.25) is 0 Å². The topological polar surface area (TPSA) is 69.7 Å². The van der Waals surface area contributed by atoms with E-state index in [2.05, 4.69) is 36.3 Å². The number of pyridine rings is 1. The predicted octanol–water partition coefficient (Wildman–Crippen LogP) is 4.95. The first-order valence-corrected chi connectivity index (χ1v) is 11.0. The van der Waals surface area contributed by atoms with Crippen molar-refractivity contribution in [3.8, 4) is 11.5 Å². The van der Waals surface area contributed by atoms with Crippen LogP contribution >= 0.6 is 0 Å². The highest BCUT2D eigenvalue weighted by Crippen LogP contribution is 2.34. The Labute approximate surface area is 185 Å². The molecule has 3 aromatic rings. The van der Waals surface area contributed by atoms with Crippen molar-refractivity contribution < 1.29 is 9.84 Å². The summed E-state index contributed by atoms with van der Waals surface area (Å²) in [5.74, 6) is 1.12. The average molecular weight is 423 g/mol. The smallest absolute Gasteiger partial charge is 0.120 e. The molecule has 0 amide bonds. The third kappa shape index (κ3) is 5.27. The number of phenolic OH excluding ortho intramolecular Hbond substituents is 1. The van der Waals surface area contributed by atoms with Crippen LogP contribution in [-0.2, 0) is 13.1 Å². The summed E-state index contributed by atoms with van der Waals surface area (Å²) >= 11 is 0. The molecule has 0 fully saturated rings. The van der Waals surface area contributed by atoms with Gasteiger partial charge in [-0.1, -0.05) is 20.8 Å². The van der Waals surface area contributed by atoms with Gasteiger partial charge in [-0.25, -0.2) is 0 Å². The van der Waals surface area contributed by atoms with Crippen molar-refractivity contribution in [1.82, 2.24) is 15.2 Å². The highest BCUT2D eigenvalue weighted by atomic mass is 16.5. The summed E-state index contributed by atoms with van der Waals surface area (Å²) in [6.07, 6.45) is 0. The number of aromatic nitrogens is 1. The van der Waals surface area contributed by atoms with Crippen molar-refractivity contribution in [2.75, 3.05) is 32.1 Å². The molecular weight excluding hydrogens is 388 g/mol. The molecule has 0 aliphatic rings. The zero-order valence-electron chi connectivity index (χ0n) is 19.2. The monoisotopic (exact) mass is 422 g/mol. The largest absolute Gasteiger partial charge is 0.508 e. The van der Waals surface area contributed by atoms with Gasteiger partial charge in [-0.05, 0) is 63.0 Å². The van der Waals surface area contributed by atoms with Crippen molar-refractivity contribution in [3.63, 3.8) is 0 Å². The van der Waals surface area contributed by atoms with Crippen molar-refractivity contribution in [1.29, 1.82) is 0 Å². The Balaban J connectivity index is 2.08. The molecule has 0 aliphatic heterocycles. The Morgan fingerprint density at radius 1 is 1.06 bits per heavy atom. The molecule has 31 heavy (non-hydrogen) atoms. The van der Waals surface area contributed by atoms with Gasteiger partial charge in [-0.15, -0.1) is 0 Å². The summed E-state index contributed by atoms with van der Waals surface area (Å²) in [6.45, 7) is 12.6. The second-order valence-corrected chi connectivity index (χ2v) is 7.64. The van der Waals surface area contributed by atoms with E-state index in [-0.39, 0.29) is 0 Å². The van der Waals surface area contributed by atoms with Gasteiger partial charge in [0.1, 0.15) is 11.5 Å². The third-order valence-electron chi connectivity index (χ3n) is 5.69. The number of anilines is 2. The molecular formula is C25H34N4O2. The quantitative estimate of drug-likeness (QED) is 0.402. The van der Waals surface area contributed by atoms with E-state index in [0.717, 1.165) is 71.0 Å². The van der Waals surface area contributed by atoms with Crippen molar-refractivity contribution >= 4 is 22.3 Å². The summed E-state index contributed by atoms with van der Waals surface area (Å²) in [5.41, 5.74) is 5.90. The fraction of sp³-hybridized carbons (Fsp3) is 0.400. The number of aryl methyl sites for hydroxylation is 1. The Bertz CT molecular complexity index is 1030. The highest BCUT2D eigenvalue weighted by molar-refractivity contribution is 5.96. The molecule has 0 spiro atoms. The Kier molecular flexibility index (Phi) is 7.71. The van der Waals surface area contributed by atoms with E-state index in [1.165, 1.54) is 0 Å². The number of phenols is 1. The summed E-state index contributed by atoms with van der Waals surface area (Å²) in [4.78, 5) is 7.10. The number of nitrogens with zero attached hydrogens (tertiary/aromatic N) is 2. The minimum absolute atomic E-state index is 0.322. The molecule has 0 bridgehead atoms. The Morgan fingerprint density at radius 3 is 2.52 bits per heavy atom. The molecule has 6 heteroatoms. The molecule has 1 heterocycles. The number of aromatic hydroxyl groups is 1. The third-order valence-corrected chi connectivity index (χ3v) is 5.69. The lowest BCUT2D eigenvalue weighted by Gasteiger charge is -2.21. The van der Waals surface area contributed by atoms with E-state index >= 15 is 0 Å². The van der Waals surface area contributed by atoms with E-state index in [9.17, 15) is 5.11 Å². The minimum Gasteiger partial charge on any atom is -0.508 e. The number of fused-ring (bicyclic) bond motifs is 1. The maximum Gasteiger partial charge on any atom is 0.120 e. The van der Waals surface area contributed by atoms with Crippen LogP contribution in [0.2, 0.25) is 0 Å². The molecule has 2 aromatic carbocycles. The zero-order valence-corrected chi connectivity index (χ0v) is 19.2. The lowest BCUT2D eigenvalue weighted by Crippen LogP contribution is -2.22. The number of benzene rings is 2. The maximum atomic E-state index is 10.4. The highest BCUT2D eigenvalue weighted by Gasteiger charge is 2.15. The van der Waals surface area contributed by atoms with Crippen molar-refractivity contribution in [2.24, 2.45) is 0 Å². The predicted molar refractivity (Wildman–Crippen MR) is 128 cm³/mol. The number of ether oxygens (including phenoxy) is 1. The van der Waals surface area contributed by atoms with Crippen LogP contribution in [0.25, 0.3) is 10.9 Å². The molecule has 0 radical (unpaired) electrons. The van der Waals surface area contributed by atoms with Crippen LogP contribution in [0, 0.1) is 6.92 Å². The van der Waals surface area contributed by atoms with E-state index in [1.54, 1.807) is 13.2 Å². The first kappa shape index (κ1) is 22.8. The fourth-order valence-electron chi connectivity index (χ4n) is 3.76. The first-order valence-electron chi connectivity index (χ1n) is 11.0. The molecule has 3 N–H and O–H groups in total. The Hall–Kier alpha value is -2.83. The number of nitrogens with one attached hydrogen (secondary N) is 2. The molecule has 0 saturated heterocycles. The first-order chi connectivity index (χ1) is 15.0. The minimum atomic E-state index is 0.322. The van der Waals surface area contributed by atoms with Gasteiger partial charge in [-0.3, -0.25) is 9.88 Å². The van der Waals surface area contributed by atoms with Crippen molar-refractivity contribution in [2.45, 2.75) is 40.8 Å². The maximum absolute atomic E-state index is 10.4. The summed E-state index contributed by atoms with van der Waals surface area (Å²) < 4.78 is 5.47. The number of rotatable bonds is 10. The van der Waals surface area contributed by atoms with Crippen molar-refractivity contribution in [3.05, 3.63) is 53.2 Å². The van der Waals surface area contributed by atoms with Gasteiger partial charge in [0, 0.05) is 41.0 Å². The van der Waals surface area contributed by atoms with Crippen LogP contribution in [0.4, 0.5) is 11.4 Å². The SMILES string of the molecule is CCNCc1c(C)nc2ccc(OC)cc2c1Nc1ccc(O)c(CN(CC)CC)c1. The molecule has 6 nitrogen and oxygen atoms in total. The van der Waals surface area contributed by atoms with Crippen LogP contribution < -0.4 is 15.4 Å². The number of methoxy groups -OCH3 is 1. The van der Waals surface area contributed by atoms with Crippen LogP contribution in [0.5, 0.6) is 11.5 Å². The van der Waals surface area contributed by atoms with Crippen LogP contribution in [-0.4, -0.2) is 41.7 Å². The summed E-state index contributed by atoms with van der Waals surface area (Å²) in [6, 6.07) is 11.7. The lowest BCUT2D eigenvalue weighted by atomic mass is 10.0. The van der Waals surface area contributed by atoms with E-state index in [1.807, 2.05) is 37.3 Å². The molecule has 3 rings (SSSR count). The normalized spacial score (nSPS) is 11.3. The van der Waals surface area contributed by atoms with Gasteiger partial charge < -0.3 is 20.5 Å². The van der Waals surface area contributed by atoms with Gasteiger partial charge in [0.25, 0.3) is 0 Å². The fourth-order valence-corrected chi connectivity index (χ4v) is 3.76. The second kappa shape index (κ2) is 10.5.